The van der Waals surface area contributed by atoms with Gasteiger partial charge in [0, 0.05) is 57.2 Å². The normalized spacial score (nSPS) is 28.5. The molecule has 4 heterocycles. The Hall–Kier alpha value is -0.770. The van der Waals surface area contributed by atoms with Crippen molar-refractivity contribution in [1.82, 2.24) is 19.0 Å². The number of rotatable bonds is 3. The molecule has 0 radical (unpaired) electrons. The Morgan fingerprint density at radius 2 is 1.92 bits per heavy atom. The smallest absolute Gasteiger partial charge is 0.372 e. The van der Waals surface area contributed by atoms with Gasteiger partial charge >= 0.3 is 6.18 Å². The van der Waals surface area contributed by atoms with Gasteiger partial charge in [-0.2, -0.15) is 18.3 Å². The number of alkyl halides is 3. The fourth-order valence-electron chi connectivity index (χ4n) is 4.62. The number of aryl methyl sites for hydroxylation is 1. The third kappa shape index (κ3) is 2.62. The Bertz CT molecular complexity index is 680. The van der Waals surface area contributed by atoms with Crippen LogP contribution in [-0.4, -0.2) is 63.4 Å². The van der Waals surface area contributed by atoms with Crippen molar-refractivity contribution in [3.63, 3.8) is 0 Å². The van der Waals surface area contributed by atoms with Gasteiger partial charge in [0.15, 0.2) is 5.69 Å². The first-order valence-electron chi connectivity index (χ1n) is 8.68. The third-order valence-electron chi connectivity index (χ3n) is 6.18. The van der Waals surface area contributed by atoms with Crippen molar-refractivity contribution in [3.8, 4) is 0 Å². The van der Waals surface area contributed by atoms with E-state index in [-0.39, 0.29) is 5.60 Å². The van der Waals surface area contributed by atoms with Gasteiger partial charge in [-0.05, 0) is 24.8 Å². The van der Waals surface area contributed by atoms with E-state index in [0.717, 1.165) is 38.9 Å². The van der Waals surface area contributed by atoms with Crippen LogP contribution in [0.2, 0.25) is 0 Å². The molecule has 0 N–H and O–H groups in total. The largest absolute Gasteiger partial charge is 0.435 e. The van der Waals surface area contributed by atoms with Gasteiger partial charge in [-0.1, -0.05) is 0 Å². The Morgan fingerprint density at radius 3 is 2.44 bits per heavy atom. The lowest BCUT2D eigenvalue weighted by Crippen LogP contribution is -2.74. The molecule has 1 aromatic rings. The quantitative estimate of drug-likeness (QED) is 0.759. The monoisotopic (exact) mass is 374 g/mol. The molecule has 138 valence electrons. The molecule has 1 aliphatic carbocycles. The molecule has 0 amide bonds. The summed E-state index contributed by atoms with van der Waals surface area (Å²) in [6.45, 7) is 4.99. The average Bonchev–Trinajstić information content (AvgIpc) is 2.70. The molecule has 0 aromatic carbocycles. The van der Waals surface area contributed by atoms with Gasteiger partial charge in [0.2, 0.25) is 0 Å². The van der Waals surface area contributed by atoms with Gasteiger partial charge in [-0.15, -0.1) is 0 Å². The minimum absolute atomic E-state index is 0.194. The van der Waals surface area contributed by atoms with Crippen LogP contribution in [0, 0.1) is 5.41 Å². The lowest BCUT2D eigenvalue weighted by atomic mass is 9.60. The van der Waals surface area contributed by atoms with Crippen LogP contribution in [-0.2, 0) is 18.0 Å². The molecule has 4 fully saturated rings. The van der Waals surface area contributed by atoms with Crippen LogP contribution in [0.1, 0.15) is 25.0 Å². The van der Waals surface area contributed by atoms with Gasteiger partial charge in [-0.25, -0.2) is 4.31 Å². The van der Waals surface area contributed by atoms with E-state index in [0.29, 0.717) is 16.5 Å². The number of ether oxygens (including phenoxy) is 1. The highest BCUT2D eigenvalue weighted by atomic mass is 32.2. The van der Waals surface area contributed by atoms with E-state index in [1.165, 1.54) is 35.9 Å². The molecule has 1 saturated carbocycles. The van der Waals surface area contributed by atoms with Crippen molar-refractivity contribution in [2.45, 2.75) is 42.1 Å². The number of halogens is 3. The van der Waals surface area contributed by atoms with Crippen molar-refractivity contribution in [2.24, 2.45) is 12.5 Å². The minimum atomic E-state index is -4.38. The highest BCUT2D eigenvalue weighted by Gasteiger charge is 2.59. The van der Waals surface area contributed by atoms with Gasteiger partial charge in [0.1, 0.15) is 5.03 Å². The van der Waals surface area contributed by atoms with Gasteiger partial charge < -0.3 is 4.74 Å². The fraction of sp³-hybridized carbons (Fsp3) is 0.812. The molecule has 5 nitrogen and oxygen atoms in total. The third-order valence-corrected chi connectivity index (χ3v) is 7.26. The first kappa shape index (κ1) is 16.4. The van der Waals surface area contributed by atoms with Crippen LogP contribution in [0.4, 0.5) is 13.2 Å². The Balaban J connectivity index is 1.11. The second-order valence-electron chi connectivity index (χ2n) is 8.13. The van der Waals surface area contributed by atoms with Gasteiger partial charge in [0.25, 0.3) is 0 Å². The summed E-state index contributed by atoms with van der Waals surface area (Å²) in [6, 6.07) is 1.81. The van der Waals surface area contributed by atoms with E-state index < -0.39 is 11.9 Å². The van der Waals surface area contributed by atoms with E-state index >= 15 is 0 Å². The van der Waals surface area contributed by atoms with Crippen molar-refractivity contribution < 1.29 is 17.9 Å². The van der Waals surface area contributed by atoms with Crippen molar-refractivity contribution in [2.75, 3.05) is 32.8 Å². The zero-order valence-corrected chi connectivity index (χ0v) is 14.9. The first-order chi connectivity index (χ1) is 11.8. The summed E-state index contributed by atoms with van der Waals surface area (Å²) in [6.07, 6.45) is -0.762. The molecule has 4 aliphatic rings. The first-order valence-corrected chi connectivity index (χ1v) is 9.46. The maximum Gasteiger partial charge on any atom is 0.435 e. The average molecular weight is 374 g/mol. The molecular formula is C16H21F3N4OS. The van der Waals surface area contributed by atoms with E-state index in [4.69, 9.17) is 4.74 Å². The van der Waals surface area contributed by atoms with Crippen molar-refractivity contribution in [3.05, 3.63) is 11.8 Å². The molecule has 3 saturated heterocycles. The summed E-state index contributed by atoms with van der Waals surface area (Å²) < 4.78 is 47.3. The topological polar surface area (TPSA) is 33.5 Å². The molecule has 9 heteroatoms. The molecule has 3 aliphatic heterocycles. The number of hydrogen-bond acceptors (Lipinski definition) is 5. The van der Waals surface area contributed by atoms with Crippen LogP contribution < -0.4 is 0 Å². The standard InChI is InChI=1S/C16H21F3N4OS/c1-21-13(4-12(20-21)16(17,18)19)25-23-7-14(8-23)5-11(6-14)22-9-15(10-22)2-3-24-15/h4,11H,2-3,5-10H2,1H3. The van der Waals surface area contributed by atoms with Crippen molar-refractivity contribution in [1.29, 1.82) is 0 Å². The molecule has 0 atom stereocenters. The molecule has 1 aromatic heterocycles. The van der Waals surface area contributed by atoms with Crippen molar-refractivity contribution >= 4 is 11.9 Å². The molecule has 0 bridgehead atoms. The molecule has 0 unspecified atom stereocenters. The maximum absolute atomic E-state index is 12.7. The number of hydrogen-bond donors (Lipinski definition) is 0. The molecule has 2 spiro atoms. The maximum atomic E-state index is 12.7. The highest BCUT2D eigenvalue weighted by Crippen LogP contribution is 2.55. The van der Waals surface area contributed by atoms with Gasteiger partial charge in [0.05, 0.1) is 12.2 Å². The Morgan fingerprint density at radius 1 is 1.24 bits per heavy atom. The predicted molar refractivity (Wildman–Crippen MR) is 86.0 cm³/mol. The second-order valence-corrected chi connectivity index (χ2v) is 9.24. The number of nitrogens with zero attached hydrogens (tertiary/aromatic N) is 4. The summed E-state index contributed by atoms with van der Waals surface area (Å²) >= 11 is 1.39. The predicted octanol–water partition coefficient (Wildman–Crippen LogP) is 2.39. The summed E-state index contributed by atoms with van der Waals surface area (Å²) in [5, 5.41) is 4.12. The van der Waals surface area contributed by atoms with Crippen LogP contribution in [0.25, 0.3) is 0 Å². The van der Waals surface area contributed by atoms with E-state index in [9.17, 15) is 13.2 Å². The van der Waals surface area contributed by atoms with Gasteiger partial charge in [-0.3, -0.25) is 9.58 Å². The lowest BCUT2D eigenvalue weighted by molar-refractivity contribution is -0.245. The minimum Gasteiger partial charge on any atom is -0.372 e. The van der Waals surface area contributed by atoms with Crippen LogP contribution in [0.5, 0.6) is 0 Å². The second kappa shape index (κ2) is 5.15. The number of likely N-dealkylation sites (tertiary alicyclic amines) is 1. The molecule has 5 rings (SSSR count). The van der Waals surface area contributed by atoms with Crippen LogP contribution in [0.3, 0.4) is 0 Å². The Labute approximate surface area is 148 Å². The van der Waals surface area contributed by atoms with E-state index in [2.05, 4.69) is 14.3 Å². The summed E-state index contributed by atoms with van der Waals surface area (Å²) in [4.78, 5) is 2.54. The zero-order valence-electron chi connectivity index (χ0n) is 14.1. The van der Waals surface area contributed by atoms with Crippen LogP contribution in [0.15, 0.2) is 11.1 Å². The van der Waals surface area contributed by atoms with Crippen LogP contribution >= 0.6 is 11.9 Å². The molecule has 25 heavy (non-hydrogen) atoms. The summed E-state index contributed by atoms with van der Waals surface area (Å²) in [5.41, 5.74) is -0.242. The summed E-state index contributed by atoms with van der Waals surface area (Å²) in [5.74, 6) is 0. The highest BCUT2D eigenvalue weighted by molar-refractivity contribution is 7.97. The zero-order chi connectivity index (χ0) is 17.4. The van der Waals surface area contributed by atoms with E-state index in [1.807, 2.05) is 0 Å². The lowest BCUT2D eigenvalue weighted by Gasteiger charge is -2.65. The Kier molecular flexibility index (Phi) is 3.38. The molecular weight excluding hydrogens is 353 g/mol. The van der Waals surface area contributed by atoms with E-state index in [1.54, 1.807) is 7.05 Å². The SMILES string of the molecule is Cn1nc(C(F)(F)F)cc1SN1CC2(CC(N3CC4(CCO4)C3)C2)C1. The number of aromatic nitrogens is 2. The summed E-state index contributed by atoms with van der Waals surface area (Å²) in [7, 11) is 1.56. The fourth-order valence-corrected chi connectivity index (χ4v) is 5.89.